The van der Waals surface area contributed by atoms with Gasteiger partial charge in [-0.15, -0.1) is 0 Å². The van der Waals surface area contributed by atoms with Gasteiger partial charge < -0.3 is 15.5 Å². The van der Waals surface area contributed by atoms with Gasteiger partial charge in [0, 0.05) is 26.2 Å². The standard InChI is InChI=1S/C12H20IN5/c1-3-4-9-10(13)11(14)16-12(15-9)18-7-5-17(2)6-8-18/h3-8H2,1-2H3,(H2,14,15,16). The summed E-state index contributed by atoms with van der Waals surface area (Å²) in [7, 11) is 2.14. The molecular weight excluding hydrogens is 341 g/mol. The lowest BCUT2D eigenvalue weighted by molar-refractivity contribution is 0.311. The smallest absolute Gasteiger partial charge is 0.227 e. The molecule has 0 unspecified atom stereocenters. The molecule has 5 nitrogen and oxygen atoms in total. The van der Waals surface area contributed by atoms with Crippen molar-refractivity contribution in [1.82, 2.24) is 14.9 Å². The molecule has 1 aliphatic heterocycles. The summed E-state index contributed by atoms with van der Waals surface area (Å²) < 4.78 is 1.01. The molecular formula is C12H20IN5. The Morgan fingerprint density at radius 1 is 1.22 bits per heavy atom. The Morgan fingerprint density at radius 3 is 2.50 bits per heavy atom. The van der Waals surface area contributed by atoms with Gasteiger partial charge in [-0.25, -0.2) is 4.98 Å². The zero-order valence-electron chi connectivity index (χ0n) is 11.0. The quantitative estimate of drug-likeness (QED) is 0.825. The van der Waals surface area contributed by atoms with Crippen LogP contribution in [0, 0.1) is 3.57 Å². The Balaban J connectivity index is 2.22. The molecule has 0 aliphatic carbocycles. The van der Waals surface area contributed by atoms with Gasteiger partial charge >= 0.3 is 0 Å². The van der Waals surface area contributed by atoms with Crippen molar-refractivity contribution < 1.29 is 0 Å². The number of anilines is 2. The number of nitrogens with zero attached hydrogens (tertiary/aromatic N) is 4. The first-order valence-electron chi connectivity index (χ1n) is 6.37. The fourth-order valence-electron chi connectivity index (χ4n) is 2.05. The monoisotopic (exact) mass is 361 g/mol. The van der Waals surface area contributed by atoms with Crippen molar-refractivity contribution in [1.29, 1.82) is 0 Å². The van der Waals surface area contributed by atoms with Crippen molar-refractivity contribution in [3.8, 4) is 0 Å². The highest BCUT2D eigenvalue weighted by Gasteiger charge is 2.18. The zero-order valence-corrected chi connectivity index (χ0v) is 13.1. The predicted octanol–water partition coefficient (Wildman–Crippen LogP) is 1.37. The fourth-order valence-corrected chi connectivity index (χ4v) is 2.56. The van der Waals surface area contributed by atoms with Crippen molar-refractivity contribution in [2.75, 3.05) is 43.9 Å². The van der Waals surface area contributed by atoms with E-state index in [9.17, 15) is 0 Å². The van der Waals surface area contributed by atoms with Gasteiger partial charge in [-0.2, -0.15) is 4.98 Å². The van der Waals surface area contributed by atoms with E-state index in [2.05, 4.69) is 56.3 Å². The van der Waals surface area contributed by atoms with E-state index in [1.165, 1.54) is 0 Å². The second-order valence-electron chi connectivity index (χ2n) is 4.71. The molecule has 0 aromatic carbocycles. The number of nitrogen functional groups attached to an aromatic ring is 1. The number of nitrogens with two attached hydrogens (primary N) is 1. The lowest BCUT2D eigenvalue weighted by Gasteiger charge is -2.32. The molecule has 0 saturated carbocycles. The van der Waals surface area contributed by atoms with Gasteiger partial charge in [-0.05, 0) is 36.1 Å². The maximum absolute atomic E-state index is 5.99. The van der Waals surface area contributed by atoms with E-state index in [-0.39, 0.29) is 0 Å². The molecule has 18 heavy (non-hydrogen) atoms. The maximum atomic E-state index is 5.99. The number of aryl methyl sites for hydroxylation is 1. The number of aromatic nitrogens is 2. The van der Waals surface area contributed by atoms with E-state index in [1.54, 1.807) is 0 Å². The number of piperazine rings is 1. The molecule has 0 atom stereocenters. The third-order valence-corrected chi connectivity index (χ3v) is 4.38. The van der Waals surface area contributed by atoms with Gasteiger partial charge in [-0.3, -0.25) is 0 Å². The highest BCUT2D eigenvalue weighted by Crippen LogP contribution is 2.21. The van der Waals surface area contributed by atoms with Crippen LogP contribution in [0.2, 0.25) is 0 Å². The summed E-state index contributed by atoms with van der Waals surface area (Å²) >= 11 is 2.24. The minimum absolute atomic E-state index is 0.614. The molecule has 1 aliphatic rings. The molecule has 1 saturated heterocycles. The highest BCUT2D eigenvalue weighted by atomic mass is 127. The van der Waals surface area contributed by atoms with Crippen molar-refractivity contribution in [2.45, 2.75) is 19.8 Å². The molecule has 0 radical (unpaired) electrons. The number of hydrogen-bond donors (Lipinski definition) is 1. The Morgan fingerprint density at radius 2 is 1.89 bits per heavy atom. The fraction of sp³-hybridized carbons (Fsp3) is 0.667. The topological polar surface area (TPSA) is 58.3 Å². The summed E-state index contributed by atoms with van der Waals surface area (Å²) in [4.78, 5) is 13.7. The summed E-state index contributed by atoms with van der Waals surface area (Å²) in [6.45, 7) is 6.21. The van der Waals surface area contributed by atoms with Gasteiger partial charge in [0.2, 0.25) is 5.95 Å². The van der Waals surface area contributed by atoms with E-state index < -0.39 is 0 Å². The molecule has 6 heteroatoms. The molecule has 2 heterocycles. The maximum Gasteiger partial charge on any atom is 0.227 e. The number of hydrogen-bond acceptors (Lipinski definition) is 5. The molecule has 1 aromatic rings. The van der Waals surface area contributed by atoms with Crippen LogP contribution in [0.1, 0.15) is 19.0 Å². The summed E-state index contributed by atoms with van der Waals surface area (Å²) in [6, 6.07) is 0. The average molecular weight is 361 g/mol. The first-order valence-corrected chi connectivity index (χ1v) is 7.45. The van der Waals surface area contributed by atoms with Gasteiger partial charge in [0.25, 0.3) is 0 Å². The van der Waals surface area contributed by atoms with E-state index in [0.717, 1.165) is 54.2 Å². The second kappa shape index (κ2) is 6.01. The van der Waals surface area contributed by atoms with Crippen LogP contribution in [0.4, 0.5) is 11.8 Å². The first-order chi connectivity index (χ1) is 8.61. The summed E-state index contributed by atoms with van der Waals surface area (Å²) in [5.41, 5.74) is 7.07. The van der Waals surface area contributed by atoms with Gasteiger partial charge in [0.15, 0.2) is 0 Å². The van der Waals surface area contributed by atoms with Crippen LogP contribution in [-0.4, -0.2) is 48.1 Å². The minimum atomic E-state index is 0.614. The lowest BCUT2D eigenvalue weighted by atomic mass is 10.2. The Hall–Kier alpha value is -0.630. The van der Waals surface area contributed by atoms with E-state index in [1.807, 2.05) is 0 Å². The Kier molecular flexibility index (Phi) is 4.60. The molecule has 1 aromatic heterocycles. The van der Waals surface area contributed by atoms with Crippen LogP contribution in [0.3, 0.4) is 0 Å². The van der Waals surface area contributed by atoms with Crippen molar-refractivity contribution in [3.05, 3.63) is 9.26 Å². The first kappa shape index (κ1) is 13.8. The van der Waals surface area contributed by atoms with Crippen molar-refractivity contribution >= 4 is 34.4 Å². The van der Waals surface area contributed by atoms with E-state index in [4.69, 9.17) is 5.73 Å². The summed E-state index contributed by atoms with van der Waals surface area (Å²) in [5.74, 6) is 1.41. The second-order valence-corrected chi connectivity index (χ2v) is 5.79. The molecule has 0 amide bonds. The number of likely N-dealkylation sites (N-methyl/N-ethyl adjacent to an activating group) is 1. The van der Waals surface area contributed by atoms with Crippen LogP contribution in [0.5, 0.6) is 0 Å². The van der Waals surface area contributed by atoms with Gasteiger partial charge in [-0.1, -0.05) is 13.3 Å². The van der Waals surface area contributed by atoms with Crippen LogP contribution < -0.4 is 10.6 Å². The van der Waals surface area contributed by atoms with E-state index in [0.29, 0.717) is 5.82 Å². The Bertz CT molecular complexity index is 415. The Labute approximate surface area is 122 Å². The largest absolute Gasteiger partial charge is 0.383 e. The van der Waals surface area contributed by atoms with Gasteiger partial charge in [0.1, 0.15) is 5.82 Å². The molecule has 1 fully saturated rings. The van der Waals surface area contributed by atoms with Crippen LogP contribution in [0.25, 0.3) is 0 Å². The molecule has 2 rings (SSSR count). The average Bonchev–Trinajstić information content (AvgIpc) is 2.36. The molecule has 2 N–H and O–H groups in total. The normalized spacial score (nSPS) is 17.2. The van der Waals surface area contributed by atoms with Crippen molar-refractivity contribution in [3.63, 3.8) is 0 Å². The van der Waals surface area contributed by atoms with Crippen LogP contribution in [0.15, 0.2) is 0 Å². The summed E-state index contributed by atoms with van der Waals surface area (Å²) in [5, 5.41) is 0. The third kappa shape index (κ3) is 3.03. The molecule has 0 bridgehead atoms. The van der Waals surface area contributed by atoms with Crippen LogP contribution >= 0.6 is 22.6 Å². The summed E-state index contributed by atoms with van der Waals surface area (Å²) in [6.07, 6.45) is 2.04. The zero-order chi connectivity index (χ0) is 13.1. The number of rotatable bonds is 3. The number of halogens is 1. The third-order valence-electron chi connectivity index (χ3n) is 3.21. The SMILES string of the molecule is CCCc1nc(N2CCN(C)CC2)nc(N)c1I. The lowest BCUT2D eigenvalue weighted by Crippen LogP contribution is -2.45. The minimum Gasteiger partial charge on any atom is -0.383 e. The van der Waals surface area contributed by atoms with Gasteiger partial charge in [0.05, 0.1) is 9.26 Å². The predicted molar refractivity (Wildman–Crippen MR) is 82.9 cm³/mol. The van der Waals surface area contributed by atoms with Crippen LogP contribution in [-0.2, 0) is 6.42 Å². The highest BCUT2D eigenvalue weighted by molar-refractivity contribution is 14.1. The van der Waals surface area contributed by atoms with Crippen molar-refractivity contribution in [2.24, 2.45) is 0 Å². The molecule has 100 valence electrons. The molecule has 0 spiro atoms. The van der Waals surface area contributed by atoms with E-state index >= 15 is 0 Å².